The van der Waals surface area contributed by atoms with Gasteiger partial charge < -0.3 is 5.32 Å². The summed E-state index contributed by atoms with van der Waals surface area (Å²) >= 11 is 5.88. The maximum absolute atomic E-state index is 13.3. The lowest BCUT2D eigenvalue weighted by atomic mass is 10.2. The van der Waals surface area contributed by atoms with E-state index >= 15 is 0 Å². The fourth-order valence-corrected chi connectivity index (χ4v) is 2.44. The molecule has 0 fully saturated rings. The van der Waals surface area contributed by atoms with Crippen LogP contribution in [-0.4, -0.2) is 15.7 Å². The van der Waals surface area contributed by atoms with Crippen LogP contribution in [0.2, 0.25) is 5.02 Å². The average Bonchev–Trinajstić information content (AvgIpc) is 2.57. The summed E-state index contributed by atoms with van der Waals surface area (Å²) in [6.45, 7) is 0.0644. The Kier molecular flexibility index (Phi) is 4.90. The Labute approximate surface area is 147 Å². The first-order valence-electron chi connectivity index (χ1n) is 7.41. The number of halogens is 2. The molecule has 0 atom stereocenters. The summed E-state index contributed by atoms with van der Waals surface area (Å²) in [6, 6.07) is 15.1. The highest BCUT2D eigenvalue weighted by atomic mass is 35.5. The Morgan fingerprint density at radius 2 is 1.92 bits per heavy atom. The number of nitrogens with zero attached hydrogens (tertiary/aromatic N) is 2. The van der Waals surface area contributed by atoms with E-state index < -0.39 is 11.7 Å². The molecule has 0 saturated heterocycles. The van der Waals surface area contributed by atoms with Gasteiger partial charge in [-0.25, -0.2) is 9.07 Å². The second-order valence-electron chi connectivity index (χ2n) is 5.31. The Hall–Kier alpha value is -2.99. The van der Waals surface area contributed by atoms with E-state index in [0.717, 1.165) is 4.68 Å². The minimum atomic E-state index is -0.477. The van der Waals surface area contributed by atoms with Gasteiger partial charge in [-0.3, -0.25) is 9.59 Å². The summed E-state index contributed by atoms with van der Waals surface area (Å²) in [5, 5.41) is 7.20. The predicted octanol–water partition coefficient (Wildman–Crippen LogP) is 3.34. The van der Waals surface area contributed by atoms with Crippen molar-refractivity contribution < 1.29 is 9.18 Å². The van der Waals surface area contributed by atoms with Crippen molar-refractivity contribution in [3.63, 3.8) is 0 Å². The van der Waals surface area contributed by atoms with Crippen LogP contribution in [-0.2, 0) is 6.54 Å². The Morgan fingerprint density at radius 3 is 2.68 bits per heavy atom. The number of benzene rings is 2. The number of nitrogens with one attached hydrogen (secondary N) is 1. The van der Waals surface area contributed by atoms with Gasteiger partial charge in [0, 0.05) is 16.8 Å². The van der Waals surface area contributed by atoms with Crippen molar-refractivity contribution >= 4 is 23.2 Å². The predicted molar refractivity (Wildman–Crippen MR) is 93.4 cm³/mol. The van der Waals surface area contributed by atoms with Crippen molar-refractivity contribution in [1.82, 2.24) is 9.78 Å². The van der Waals surface area contributed by atoms with Crippen LogP contribution in [0.4, 0.5) is 10.1 Å². The highest BCUT2D eigenvalue weighted by molar-refractivity contribution is 6.30. The van der Waals surface area contributed by atoms with Crippen LogP contribution in [0.25, 0.3) is 0 Å². The number of hydrogen-bond donors (Lipinski definition) is 1. The SMILES string of the molecule is O=C(Nc1cccc(Cl)c1)c1ccc(=O)n(Cc2cccc(F)c2)n1. The minimum absolute atomic E-state index is 0.0644. The number of amides is 1. The first-order valence-corrected chi connectivity index (χ1v) is 7.78. The molecule has 0 unspecified atom stereocenters. The molecule has 7 heteroatoms. The largest absolute Gasteiger partial charge is 0.321 e. The lowest BCUT2D eigenvalue weighted by Crippen LogP contribution is -2.26. The molecule has 25 heavy (non-hydrogen) atoms. The van der Waals surface area contributed by atoms with Crippen molar-refractivity contribution in [1.29, 1.82) is 0 Å². The monoisotopic (exact) mass is 357 g/mol. The van der Waals surface area contributed by atoms with Crippen LogP contribution in [0.1, 0.15) is 16.1 Å². The van der Waals surface area contributed by atoms with Crippen LogP contribution in [0.5, 0.6) is 0 Å². The maximum Gasteiger partial charge on any atom is 0.276 e. The molecule has 1 aromatic heterocycles. The molecule has 0 aliphatic heterocycles. The zero-order valence-corrected chi connectivity index (χ0v) is 13.7. The minimum Gasteiger partial charge on any atom is -0.321 e. The summed E-state index contributed by atoms with van der Waals surface area (Å²) in [6.07, 6.45) is 0. The number of aromatic nitrogens is 2. The van der Waals surface area contributed by atoms with Crippen molar-refractivity contribution in [2.24, 2.45) is 0 Å². The van der Waals surface area contributed by atoms with Gasteiger partial charge in [-0.05, 0) is 42.0 Å². The number of rotatable bonds is 4. The van der Waals surface area contributed by atoms with Crippen LogP contribution >= 0.6 is 11.6 Å². The van der Waals surface area contributed by atoms with Gasteiger partial charge in [0.1, 0.15) is 11.5 Å². The second kappa shape index (κ2) is 7.27. The van der Waals surface area contributed by atoms with E-state index in [0.29, 0.717) is 16.3 Å². The molecule has 0 saturated carbocycles. The van der Waals surface area contributed by atoms with Crippen molar-refractivity contribution in [2.75, 3.05) is 5.32 Å². The summed E-state index contributed by atoms with van der Waals surface area (Å²) in [5.41, 5.74) is 0.767. The number of carbonyl (C=O) groups is 1. The van der Waals surface area contributed by atoms with Crippen molar-refractivity contribution in [3.05, 3.63) is 93.1 Å². The number of anilines is 1. The van der Waals surface area contributed by atoms with Gasteiger partial charge in [-0.15, -0.1) is 0 Å². The lowest BCUT2D eigenvalue weighted by Gasteiger charge is -2.08. The van der Waals surface area contributed by atoms with Gasteiger partial charge in [-0.2, -0.15) is 5.10 Å². The second-order valence-corrected chi connectivity index (χ2v) is 5.75. The molecule has 5 nitrogen and oxygen atoms in total. The fourth-order valence-electron chi connectivity index (χ4n) is 2.25. The fraction of sp³-hybridized carbons (Fsp3) is 0.0556. The molecule has 0 spiro atoms. The van der Waals surface area contributed by atoms with Crippen LogP contribution in [0.3, 0.4) is 0 Å². The number of hydrogen-bond acceptors (Lipinski definition) is 3. The standard InChI is InChI=1S/C18H13ClFN3O2/c19-13-4-2-6-15(10-13)21-18(25)16-7-8-17(24)23(22-16)11-12-3-1-5-14(20)9-12/h1-10H,11H2,(H,21,25). The van der Waals surface area contributed by atoms with Gasteiger partial charge in [0.25, 0.3) is 11.5 Å². The molecule has 1 N–H and O–H groups in total. The third-order valence-corrected chi connectivity index (χ3v) is 3.64. The molecular weight excluding hydrogens is 345 g/mol. The van der Waals surface area contributed by atoms with Gasteiger partial charge in [0.15, 0.2) is 0 Å². The first kappa shape index (κ1) is 16.9. The molecule has 126 valence electrons. The lowest BCUT2D eigenvalue weighted by molar-refractivity contribution is 0.102. The summed E-state index contributed by atoms with van der Waals surface area (Å²) < 4.78 is 14.4. The molecule has 3 aromatic rings. The molecule has 3 rings (SSSR count). The van der Waals surface area contributed by atoms with Crippen LogP contribution < -0.4 is 10.9 Å². The zero-order valence-electron chi connectivity index (χ0n) is 12.9. The van der Waals surface area contributed by atoms with E-state index in [1.54, 1.807) is 36.4 Å². The summed E-state index contributed by atoms with van der Waals surface area (Å²) in [4.78, 5) is 24.2. The van der Waals surface area contributed by atoms with Crippen LogP contribution in [0, 0.1) is 5.82 Å². The molecule has 0 aliphatic rings. The normalized spacial score (nSPS) is 10.5. The summed E-state index contributed by atoms with van der Waals surface area (Å²) in [7, 11) is 0. The molecule has 0 radical (unpaired) electrons. The summed E-state index contributed by atoms with van der Waals surface area (Å²) in [5.74, 6) is -0.879. The van der Waals surface area contributed by atoms with E-state index in [-0.39, 0.29) is 17.8 Å². The first-order chi connectivity index (χ1) is 12.0. The molecule has 2 aromatic carbocycles. The third-order valence-electron chi connectivity index (χ3n) is 3.40. The molecule has 0 aliphatic carbocycles. The highest BCUT2D eigenvalue weighted by Crippen LogP contribution is 2.15. The van der Waals surface area contributed by atoms with E-state index in [1.165, 1.54) is 24.3 Å². The van der Waals surface area contributed by atoms with Crippen molar-refractivity contribution in [2.45, 2.75) is 6.54 Å². The molecular formula is C18H13ClFN3O2. The Morgan fingerprint density at radius 1 is 1.12 bits per heavy atom. The van der Waals surface area contributed by atoms with Crippen molar-refractivity contribution in [3.8, 4) is 0 Å². The van der Waals surface area contributed by atoms with Gasteiger partial charge in [0.05, 0.1) is 6.54 Å². The van der Waals surface area contributed by atoms with Gasteiger partial charge in [0.2, 0.25) is 0 Å². The van der Waals surface area contributed by atoms with Gasteiger partial charge in [-0.1, -0.05) is 29.8 Å². The van der Waals surface area contributed by atoms with Gasteiger partial charge >= 0.3 is 0 Å². The quantitative estimate of drug-likeness (QED) is 0.779. The smallest absolute Gasteiger partial charge is 0.276 e. The van der Waals surface area contributed by atoms with E-state index in [4.69, 9.17) is 11.6 Å². The van der Waals surface area contributed by atoms with E-state index in [1.807, 2.05) is 0 Å². The molecule has 1 amide bonds. The molecule has 1 heterocycles. The Balaban J connectivity index is 1.83. The number of carbonyl (C=O) groups excluding carboxylic acids is 1. The van der Waals surface area contributed by atoms with E-state index in [2.05, 4.69) is 10.4 Å². The maximum atomic E-state index is 13.3. The molecule has 0 bridgehead atoms. The third kappa shape index (κ3) is 4.30. The Bertz CT molecular complexity index is 988. The average molecular weight is 358 g/mol. The van der Waals surface area contributed by atoms with E-state index in [9.17, 15) is 14.0 Å². The van der Waals surface area contributed by atoms with Crippen LogP contribution in [0.15, 0.2) is 65.5 Å². The zero-order chi connectivity index (χ0) is 17.8. The topological polar surface area (TPSA) is 64.0 Å². The highest BCUT2D eigenvalue weighted by Gasteiger charge is 2.11.